The fourth-order valence-electron chi connectivity index (χ4n) is 6.96. The summed E-state index contributed by atoms with van der Waals surface area (Å²) in [6.45, 7) is 28.3. The van der Waals surface area contributed by atoms with Crippen molar-refractivity contribution in [2.45, 2.75) is 125 Å². The van der Waals surface area contributed by atoms with E-state index in [1.54, 1.807) is 5.42 Å². The number of benzene rings is 1. The van der Waals surface area contributed by atoms with E-state index in [0.717, 1.165) is 12.8 Å². The van der Waals surface area contributed by atoms with Crippen molar-refractivity contribution >= 4 is 18.0 Å². The number of hydrogen-bond acceptors (Lipinski definition) is 0. The molecule has 0 atom stereocenters. The van der Waals surface area contributed by atoms with Crippen LogP contribution < -0.4 is 4.90 Å². The van der Waals surface area contributed by atoms with Gasteiger partial charge in [-0.05, 0) is 61.2 Å². The van der Waals surface area contributed by atoms with Gasteiger partial charge in [-0.15, -0.1) is 0 Å². The molecule has 30 heavy (non-hydrogen) atoms. The van der Waals surface area contributed by atoms with E-state index in [2.05, 4.69) is 106 Å². The number of aryl methyl sites for hydroxylation is 2. The Labute approximate surface area is 201 Å². The molecule has 0 N–H and O–H groups in total. The second-order valence-corrected chi connectivity index (χ2v) is 16.5. The third-order valence-electron chi connectivity index (χ3n) is 7.42. The van der Waals surface area contributed by atoms with Crippen molar-refractivity contribution in [2.24, 2.45) is 5.41 Å². The van der Waals surface area contributed by atoms with E-state index in [1.807, 2.05) is 0 Å². The van der Waals surface area contributed by atoms with Crippen molar-refractivity contribution in [1.82, 2.24) is 0 Å². The summed E-state index contributed by atoms with van der Waals surface area (Å²) in [5, 5.41) is 0. The first kappa shape index (κ1) is 28.0. The maximum absolute atomic E-state index is 2.89. The molecule has 1 aliphatic rings. The second kappa shape index (κ2) is 9.83. The molecule has 1 heterocycles. The number of hydrogen-bond donors (Lipinski definition) is 0. The van der Waals surface area contributed by atoms with Crippen LogP contribution in [0.5, 0.6) is 0 Å². The summed E-state index contributed by atoms with van der Waals surface area (Å²) < 4.78 is 0. The minimum atomic E-state index is -1.40. The molecule has 0 aromatic heterocycles. The van der Waals surface area contributed by atoms with Crippen LogP contribution in [-0.2, 0) is 32.3 Å². The first-order valence-electron chi connectivity index (χ1n) is 12.0. The molecular weight excluding hydrogens is 470 g/mol. The van der Waals surface area contributed by atoms with Gasteiger partial charge in [-0.2, -0.15) is 0 Å². The largest absolute Gasteiger partial charge is 0.339 e. The summed E-state index contributed by atoms with van der Waals surface area (Å²) >= 11 is 0. The number of para-hydroxylation sites is 1. The maximum atomic E-state index is 2.89. The van der Waals surface area contributed by atoms with Crippen LogP contribution in [0.2, 0.25) is 0 Å². The molecule has 1 aromatic carbocycles. The van der Waals surface area contributed by atoms with E-state index in [9.17, 15) is 0 Å². The number of rotatable bonds is 6. The Morgan fingerprint density at radius 3 is 1.57 bits per heavy atom. The van der Waals surface area contributed by atoms with Gasteiger partial charge in [0.05, 0.1) is 0 Å². The molecule has 1 aromatic rings. The molecule has 1 saturated heterocycles. The topological polar surface area (TPSA) is 3.24 Å². The Balaban J connectivity index is 0.00000450. The smallest absolute Gasteiger partial charge is 0.0478 e. The van der Waals surface area contributed by atoms with Crippen LogP contribution in [0.15, 0.2) is 18.2 Å². The van der Waals surface area contributed by atoms with Gasteiger partial charge in [0.15, 0.2) is 0 Å². The molecule has 0 saturated carbocycles. The normalized spacial score (nSPS) is 18.5. The van der Waals surface area contributed by atoms with Crippen LogP contribution in [0.1, 0.15) is 101 Å². The minimum Gasteiger partial charge on any atom is -0.339 e. The van der Waals surface area contributed by atoms with Gasteiger partial charge in [-0.3, -0.25) is 0 Å². The van der Waals surface area contributed by atoms with E-state index in [1.165, 1.54) is 23.2 Å². The summed E-state index contributed by atoms with van der Waals surface area (Å²) in [5.74, 6) is 0. The van der Waals surface area contributed by atoms with Gasteiger partial charge < -0.3 is 4.90 Å². The zero-order valence-corrected chi connectivity index (χ0v) is 24.5. The predicted molar refractivity (Wildman–Crippen MR) is 137 cm³/mol. The van der Waals surface area contributed by atoms with E-state index < -0.39 is 6.89 Å². The van der Waals surface area contributed by atoms with Crippen LogP contribution in [0.3, 0.4) is 0 Å². The molecule has 0 bridgehead atoms. The monoisotopic (exact) mass is 519 g/mol. The second-order valence-electron chi connectivity index (χ2n) is 11.3. The molecule has 0 aliphatic carbocycles. The molecule has 1 nitrogen and oxygen atoms in total. The first-order valence-corrected chi connectivity index (χ1v) is 14.0. The Kier molecular flexibility index (Phi) is 9.17. The average molecular weight is 519 g/mol. The molecule has 174 valence electrons. The number of nitrogens with zero attached hydrogens (tertiary/aromatic N) is 1. The van der Waals surface area contributed by atoms with Gasteiger partial charge in [-0.25, -0.2) is 0 Å². The minimum absolute atomic E-state index is 0. The molecule has 2 rings (SSSR count). The zero-order valence-electron chi connectivity index (χ0n) is 21.8. The molecule has 0 amide bonds. The Morgan fingerprint density at radius 2 is 1.23 bits per heavy atom. The van der Waals surface area contributed by atoms with Gasteiger partial charge >= 0.3 is 0 Å². The Bertz CT molecular complexity index is 735. The van der Waals surface area contributed by atoms with E-state index in [4.69, 9.17) is 0 Å². The molecule has 0 unspecified atom stereocenters. The van der Waals surface area contributed by atoms with Gasteiger partial charge in [-0.1, -0.05) is 94.3 Å². The third-order valence-corrected chi connectivity index (χ3v) is 14.1. The molecule has 3 heteroatoms. The standard InChI is InChI=1S/C27H48NP.Ru/c1-13-22-16-15-17-23(14-2)24(22)28-25(26(9,10)18-27(28,11)12)29(19(3)4,20(5)6)21(7)8;/h15-17,19-21H,13-14,18H2,1-12H3;. The van der Waals surface area contributed by atoms with Gasteiger partial charge in [0.25, 0.3) is 0 Å². The molecule has 1 aliphatic heterocycles. The summed E-state index contributed by atoms with van der Waals surface area (Å²) in [7, 11) is 0. The van der Waals surface area contributed by atoms with Gasteiger partial charge in [0.2, 0.25) is 0 Å². The van der Waals surface area contributed by atoms with Crippen LogP contribution in [0, 0.1) is 5.41 Å². The summed E-state index contributed by atoms with van der Waals surface area (Å²) in [4.78, 5) is 2.89. The fraction of sp³-hybridized carbons (Fsp3) is 0.741. The molecule has 1 fully saturated rings. The number of anilines is 1. The third kappa shape index (κ3) is 4.39. The molecule has 0 spiro atoms. The first-order chi connectivity index (χ1) is 13.3. The summed E-state index contributed by atoms with van der Waals surface area (Å²) in [5.41, 5.74) is 8.83. The zero-order chi connectivity index (χ0) is 22.4. The van der Waals surface area contributed by atoms with Crippen LogP contribution in [0.25, 0.3) is 0 Å². The van der Waals surface area contributed by atoms with Crippen molar-refractivity contribution in [2.75, 3.05) is 4.90 Å². The van der Waals surface area contributed by atoms with Crippen molar-refractivity contribution in [3.05, 3.63) is 29.3 Å². The Morgan fingerprint density at radius 1 is 0.833 bits per heavy atom. The van der Waals surface area contributed by atoms with E-state index in [0.29, 0.717) is 17.0 Å². The fourth-order valence-corrected chi connectivity index (χ4v) is 13.8. The summed E-state index contributed by atoms with van der Waals surface area (Å²) in [6, 6.07) is 7.01. The predicted octanol–water partition coefficient (Wildman–Crippen LogP) is 8.20. The Hall–Kier alpha value is -0.0566. The van der Waals surface area contributed by atoms with Crippen LogP contribution in [0.4, 0.5) is 5.69 Å². The van der Waals surface area contributed by atoms with E-state index in [-0.39, 0.29) is 30.4 Å². The quantitative estimate of drug-likeness (QED) is 0.271. The van der Waals surface area contributed by atoms with Gasteiger partial charge in [0, 0.05) is 41.5 Å². The maximum Gasteiger partial charge on any atom is 0.0478 e. The van der Waals surface area contributed by atoms with Gasteiger partial charge in [0.1, 0.15) is 0 Å². The van der Waals surface area contributed by atoms with Crippen molar-refractivity contribution in [3.63, 3.8) is 0 Å². The van der Waals surface area contributed by atoms with Crippen molar-refractivity contribution in [3.8, 4) is 0 Å². The van der Waals surface area contributed by atoms with E-state index >= 15 is 0 Å². The van der Waals surface area contributed by atoms with Crippen LogP contribution >= 0.6 is 6.89 Å². The van der Waals surface area contributed by atoms with Crippen molar-refractivity contribution in [1.29, 1.82) is 0 Å². The van der Waals surface area contributed by atoms with Crippen molar-refractivity contribution < 1.29 is 19.5 Å². The summed E-state index contributed by atoms with van der Waals surface area (Å²) in [6.07, 6.45) is 3.42. The average Bonchev–Trinajstić information content (AvgIpc) is 2.77. The van der Waals surface area contributed by atoms with Crippen LogP contribution in [-0.4, -0.2) is 27.9 Å². The molecule has 0 radical (unpaired) electrons. The molecular formula is C27H48NPRu. The SMILES string of the molecule is CCc1cccc(CC)c1N1C(=P(C(C)C)(C(C)C)C(C)C)C(C)(C)CC1(C)C.[Ru].